The topological polar surface area (TPSA) is 57.2 Å². The molecule has 0 fully saturated rings. The van der Waals surface area contributed by atoms with Gasteiger partial charge in [-0.05, 0) is 46.3 Å². The van der Waals surface area contributed by atoms with Crippen molar-refractivity contribution in [2.24, 2.45) is 0 Å². The minimum Gasteiger partial charge on any atom is -0.454 e. The lowest BCUT2D eigenvalue weighted by Gasteiger charge is -2.15. The Bertz CT molecular complexity index is 1150. The molecule has 0 aliphatic carbocycles. The van der Waals surface area contributed by atoms with E-state index in [9.17, 15) is 4.79 Å². The van der Waals surface area contributed by atoms with E-state index in [2.05, 4.69) is 0 Å². The number of benzene rings is 3. The lowest BCUT2D eigenvalue weighted by atomic mass is 9.90. The third-order valence-electron chi connectivity index (χ3n) is 5.38. The third-order valence-corrected chi connectivity index (χ3v) is 5.38. The van der Waals surface area contributed by atoms with Gasteiger partial charge < -0.3 is 23.8 Å². The first-order chi connectivity index (χ1) is 13.2. The van der Waals surface area contributed by atoms with Crippen LogP contribution in [0.3, 0.4) is 0 Å². The van der Waals surface area contributed by atoms with Crippen LogP contribution in [0, 0.1) is 0 Å². The van der Waals surface area contributed by atoms with Crippen molar-refractivity contribution in [1.82, 2.24) is 4.90 Å². The quantitative estimate of drug-likeness (QED) is 0.663. The molecule has 0 aromatic heterocycles. The second-order valence-corrected chi connectivity index (χ2v) is 6.90. The van der Waals surface area contributed by atoms with Gasteiger partial charge in [0.05, 0.1) is 0 Å². The van der Waals surface area contributed by atoms with Crippen LogP contribution in [0.4, 0.5) is 0 Å². The van der Waals surface area contributed by atoms with Gasteiger partial charge in [0.25, 0.3) is 5.91 Å². The number of carbonyl (C=O) groups excluding carboxylic acids is 1. The van der Waals surface area contributed by atoms with E-state index >= 15 is 0 Å². The fourth-order valence-electron chi connectivity index (χ4n) is 4.13. The Hall–Kier alpha value is -3.41. The van der Waals surface area contributed by atoms with Crippen molar-refractivity contribution in [3.05, 3.63) is 47.5 Å². The van der Waals surface area contributed by atoms with E-state index in [4.69, 9.17) is 18.9 Å². The van der Waals surface area contributed by atoms with Crippen LogP contribution in [0.15, 0.2) is 36.4 Å². The van der Waals surface area contributed by atoms with Gasteiger partial charge >= 0.3 is 0 Å². The number of hydrogen-bond donors (Lipinski definition) is 0. The first-order valence-electron chi connectivity index (χ1n) is 8.74. The molecule has 134 valence electrons. The number of fused-ring (bicyclic) bond motifs is 5. The van der Waals surface area contributed by atoms with E-state index in [1.165, 1.54) is 0 Å². The van der Waals surface area contributed by atoms with Gasteiger partial charge in [-0.3, -0.25) is 4.79 Å². The maximum Gasteiger partial charge on any atom is 0.254 e. The number of ether oxygens (including phenoxy) is 4. The largest absolute Gasteiger partial charge is 0.454 e. The summed E-state index contributed by atoms with van der Waals surface area (Å²) < 4.78 is 22.4. The summed E-state index contributed by atoms with van der Waals surface area (Å²) in [6.45, 7) is 0.976. The fourth-order valence-corrected chi connectivity index (χ4v) is 4.13. The molecule has 3 aromatic carbocycles. The lowest BCUT2D eigenvalue weighted by molar-refractivity contribution is 0.0816. The number of rotatable bonds is 1. The highest BCUT2D eigenvalue weighted by molar-refractivity contribution is 6.11. The maximum atomic E-state index is 12.7. The number of nitrogens with zero attached hydrogens (tertiary/aromatic N) is 1. The molecular formula is C21H15NO5. The monoisotopic (exact) mass is 361 g/mol. The van der Waals surface area contributed by atoms with Crippen molar-refractivity contribution in [2.45, 2.75) is 6.54 Å². The molecule has 1 amide bonds. The molecule has 0 atom stereocenters. The summed E-state index contributed by atoms with van der Waals surface area (Å²) in [5.74, 6) is 2.92. The zero-order chi connectivity index (χ0) is 18.1. The van der Waals surface area contributed by atoms with Crippen LogP contribution in [-0.4, -0.2) is 31.4 Å². The van der Waals surface area contributed by atoms with Gasteiger partial charge in [0.2, 0.25) is 13.6 Å². The van der Waals surface area contributed by atoms with Gasteiger partial charge in [-0.25, -0.2) is 0 Å². The summed E-state index contributed by atoms with van der Waals surface area (Å²) in [5.41, 5.74) is 3.68. The average Bonchev–Trinajstić information content (AvgIpc) is 3.39. The van der Waals surface area contributed by atoms with Gasteiger partial charge in [0.1, 0.15) is 0 Å². The molecule has 0 unspecified atom stereocenters. The van der Waals surface area contributed by atoms with Gasteiger partial charge in [-0.2, -0.15) is 0 Å². The average molecular weight is 361 g/mol. The zero-order valence-corrected chi connectivity index (χ0v) is 14.6. The predicted octanol–water partition coefficient (Wildman–Crippen LogP) is 3.55. The molecule has 6 heteroatoms. The Morgan fingerprint density at radius 1 is 0.889 bits per heavy atom. The van der Waals surface area contributed by atoms with Crippen molar-refractivity contribution < 1.29 is 23.7 Å². The van der Waals surface area contributed by atoms with Crippen LogP contribution >= 0.6 is 0 Å². The molecular weight excluding hydrogens is 346 g/mol. The molecule has 6 nitrogen and oxygen atoms in total. The van der Waals surface area contributed by atoms with Crippen LogP contribution in [0.1, 0.15) is 15.9 Å². The number of hydrogen-bond acceptors (Lipinski definition) is 5. The Labute approximate surface area is 154 Å². The highest BCUT2D eigenvalue weighted by Gasteiger charge is 2.32. The minimum atomic E-state index is 0.0339. The van der Waals surface area contributed by atoms with Gasteiger partial charge in [-0.1, -0.05) is 12.1 Å². The van der Waals surface area contributed by atoms with Crippen LogP contribution in [0.5, 0.6) is 23.0 Å². The van der Waals surface area contributed by atoms with Crippen LogP contribution < -0.4 is 18.9 Å². The number of amides is 1. The summed E-state index contributed by atoms with van der Waals surface area (Å²) in [7, 11) is 1.82. The van der Waals surface area contributed by atoms with Crippen molar-refractivity contribution in [1.29, 1.82) is 0 Å². The summed E-state index contributed by atoms with van der Waals surface area (Å²) in [6, 6.07) is 11.7. The molecule has 0 saturated carbocycles. The van der Waals surface area contributed by atoms with Crippen molar-refractivity contribution in [3.63, 3.8) is 0 Å². The molecule has 3 heterocycles. The molecule has 3 aromatic rings. The summed E-state index contributed by atoms with van der Waals surface area (Å²) in [4.78, 5) is 14.4. The summed E-state index contributed by atoms with van der Waals surface area (Å²) in [5, 5.41) is 1.92. The predicted molar refractivity (Wildman–Crippen MR) is 97.4 cm³/mol. The van der Waals surface area contributed by atoms with Crippen molar-refractivity contribution in [3.8, 4) is 34.1 Å². The molecule has 0 bridgehead atoms. The second kappa shape index (κ2) is 5.07. The standard InChI is InChI=1S/C21H15NO5/c1-22-8-14-13(21(22)23)6-11-3-5-16-20(27-10-25-16)19(11)18(14)12-2-4-15-17(7-12)26-9-24-15/h2-7H,8-10H2,1H3. The first kappa shape index (κ1) is 14.7. The smallest absolute Gasteiger partial charge is 0.254 e. The van der Waals surface area contributed by atoms with E-state index in [1.54, 1.807) is 4.90 Å². The Kier molecular flexibility index (Phi) is 2.76. The Morgan fingerprint density at radius 3 is 2.59 bits per heavy atom. The van der Waals surface area contributed by atoms with Gasteiger partial charge in [-0.15, -0.1) is 0 Å². The Morgan fingerprint density at radius 2 is 1.67 bits per heavy atom. The second-order valence-electron chi connectivity index (χ2n) is 6.90. The van der Waals surface area contributed by atoms with Crippen molar-refractivity contribution in [2.75, 3.05) is 20.6 Å². The molecule has 0 radical (unpaired) electrons. The van der Waals surface area contributed by atoms with E-state index in [-0.39, 0.29) is 19.5 Å². The fraction of sp³-hybridized carbons (Fsp3) is 0.190. The third kappa shape index (κ3) is 1.92. The number of carbonyl (C=O) groups is 1. The van der Waals surface area contributed by atoms with E-state index < -0.39 is 0 Å². The molecule has 27 heavy (non-hydrogen) atoms. The maximum absolute atomic E-state index is 12.7. The molecule has 3 aliphatic heterocycles. The SMILES string of the molecule is CN1Cc2c(cc3ccc4c(c3c2-c2ccc3c(c2)OCO3)OCO4)C1=O. The molecule has 0 spiro atoms. The Balaban J connectivity index is 1.73. The van der Waals surface area contributed by atoms with Gasteiger partial charge in [0, 0.05) is 24.5 Å². The van der Waals surface area contributed by atoms with E-state index in [0.29, 0.717) is 12.3 Å². The highest BCUT2D eigenvalue weighted by Crippen LogP contribution is 2.48. The van der Waals surface area contributed by atoms with Crippen molar-refractivity contribution >= 4 is 16.7 Å². The lowest BCUT2D eigenvalue weighted by Crippen LogP contribution is -2.17. The van der Waals surface area contributed by atoms with Crippen LogP contribution in [-0.2, 0) is 6.54 Å². The van der Waals surface area contributed by atoms with Crippen LogP contribution in [0.25, 0.3) is 21.9 Å². The first-order valence-corrected chi connectivity index (χ1v) is 8.74. The summed E-state index contributed by atoms with van der Waals surface area (Å²) >= 11 is 0. The molecule has 3 aliphatic rings. The molecule has 0 saturated heterocycles. The molecule has 0 N–H and O–H groups in total. The van der Waals surface area contributed by atoms with E-state index in [0.717, 1.165) is 50.3 Å². The normalized spacial score (nSPS) is 16.3. The van der Waals surface area contributed by atoms with E-state index in [1.807, 2.05) is 43.4 Å². The summed E-state index contributed by atoms with van der Waals surface area (Å²) in [6.07, 6.45) is 0. The molecule has 6 rings (SSSR count). The van der Waals surface area contributed by atoms with Gasteiger partial charge in [0.15, 0.2) is 23.0 Å². The zero-order valence-electron chi connectivity index (χ0n) is 14.6. The highest BCUT2D eigenvalue weighted by atomic mass is 16.7. The minimum absolute atomic E-state index is 0.0339. The van der Waals surface area contributed by atoms with Crippen LogP contribution in [0.2, 0.25) is 0 Å².